The van der Waals surface area contributed by atoms with Crippen LogP contribution in [0, 0.1) is 17.7 Å². The Morgan fingerprint density at radius 2 is 2.17 bits per heavy atom. The van der Waals surface area contributed by atoms with Crippen LogP contribution in [0.4, 0.5) is 4.39 Å². The Morgan fingerprint density at radius 3 is 2.91 bits per heavy atom. The third-order valence-corrected chi connectivity index (χ3v) is 3.44. The van der Waals surface area contributed by atoms with Crippen molar-refractivity contribution in [1.29, 1.82) is 0 Å². The minimum atomic E-state index is -0.361. The van der Waals surface area contributed by atoms with E-state index in [-0.39, 0.29) is 12.4 Å². The Morgan fingerprint density at radius 1 is 1.39 bits per heavy atom. The van der Waals surface area contributed by atoms with E-state index in [0.29, 0.717) is 23.3 Å². The zero-order valence-corrected chi connectivity index (χ0v) is 13.5. The number of allylic oxidation sites excluding steroid dienone is 4. The highest BCUT2D eigenvalue weighted by atomic mass is 19.1. The van der Waals surface area contributed by atoms with Crippen molar-refractivity contribution < 1.29 is 9.50 Å². The van der Waals surface area contributed by atoms with Crippen LogP contribution >= 0.6 is 0 Å². The number of hydrogen-bond donors (Lipinski definition) is 2. The van der Waals surface area contributed by atoms with Gasteiger partial charge >= 0.3 is 0 Å². The minimum absolute atomic E-state index is 0.124. The van der Waals surface area contributed by atoms with Crippen molar-refractivity contribution in [2.24, 2.45) is 0 Å². The van der Waals surface area contributed by atoms with E-state index < -0.39 is 0 Å². The highest BCUT2D eigenvalue weighted by Gasteiger charge is 2.01. The molecule has 0 unspecified atom stereocenters. The van der Waals surface area contributed by atoms with Gasteiger partial charge in [0, 0.05) is 24.7 Å². The molecule has 2 N–H and O–H groups in total. The van der Waals surface area contributed by atoms with Gasteiger partial charge in [-0.3, -0.25) is 0 Å². The van der Waals surface area contributed by atoms with Crippen LogP contribution in [0.25, 0.3) is 11.0 Å². The summed E-state index contributed by atoms with van der Waals surface area (Å²) in [5.41, 5.74) is 3.27. The molecule has 0 fully saturated rings. The van der Waals surface area contributed by atoms with E-state index in [1.54, 1.807) is 6.07 Å². The third kappa shape index (κ3) is 4.70. The van der Waals surface area contributed by atoms with Crippen LogP contribution in [-0.2, 0) is 0 Å². The molecular formula is C18H20FN3O. The van der Waals surface area contributed by atoms with Crippen molar-refractivity contribution >= 4 is 11.0 Å². The number of pyridine rings is 1. The molecule has 0 bridgehead atoms. The molecule has 2 aromatic heterocycles. The van der Waals surface area contributed by atoms with E-state index in [1.807, 2.05) is 37.9 Å². The van der Waals surface area contributed by atoms with Gasteiger partial charge in [0.1, 0.15) is 11.5 Å². The van der Waals surface area contributed by atoms with Crippen LogP contribution in [0.5, 0.6) is 0 Å². The van der Waals surface area contributed by atoms with Crippen molar-refractivity contribution in [3.05, 3.63) is 53.3 Å². The highest BCUT2D eigenvalue weighted by molar-refractivity contribution is 5.77. The summed E-state index contributed by atoms with van der Waals surface area (Å²) >= 11 is 0. The number of rotatable bonds is 4. The summed E-state index contributed by atoms with van der Waals surface area (Å²) in [4.78, 5) is 8.99. The number of halogens is 1. The van der Waals surface area contributed by atoms with Gasteiger partial charge in [-0.05, 0) is 49.6 Å². The Kier molecular flexibility index (Phi) is 5.56. The quantitative estimate of drug-likeness (QED) is 0.674. The maximum Gasteiger partial charge on any atom is 0.142 e. The molecule has 0 aliphatic heterocycles. The standard InChI is InChI=1S/C18H20FN3O/c1-13(4-6-14(2)22(3)8-9-23)5-7-17-11-15-10-16(19)12-20-18(15)21-17/h4,6,10-12,23H,8-9H2,1-3H3,(H,20,21)/b13-4+,14-6+. The number of aliphatic hydroxyl groups is 1. The average molecular weight is 313 g/mol. The SMILES string of the molecule is C/C(C#Cc1cc2cc(F)cnc2[nH]1)=C\C=C(/C)N(C)CCO. The molecule has 2 rings (SSSR count). The predicted octanol–water partition coefficient (Wildman–Crippen LogP) is 2.83. The van der Waals surface area contributed by atoms with Gasteiger partial charge in [-0.15, -0.1) is 0 Å². The van der Waals surface area contributed by atoms with Gasteiger partial charge in [-0.2, -0.15) is 0 Å². The van der Waals surface area contributed by atoms with Crippen LogP contribution in [0.1, 0.15) is 19.5 Å². The monoisotopic (exact) mass is 313 g/mol. The van der Waals surface area contributed by atoms with E-state index in [0.717, 1.165) is 11.3 Å². The maximum absolute atomic E-state index is 13.1. The topological polar surface area (TPSA) is 52.2 Å². The van der Waals surface area contributed by atoms with Crippen molar-refractivity contribution in [2.75, 3.05) is 20.2 Å². The zero-order valence-electron chi connectivity index (χ0n) is 13.5. The lowest BCUT2D eigenvalue weighted by molar-refractivity contribution is 0.246. The fourth-order valence-corrected chi connectivity index (χ4v) is 1.96. The number of aromatic amines is 1. The molecule has 0 spiro atoms. The molecular weight excluding hydrogens is 293 g/mol. The molecule has 2 heterocycles. The number of H-pyrrole nitrogens is 1. The van der Waals surface area contributed by atoms with E-state index in [9.17, 15) is 4.39 Å². The summed E-state index contributed by atoms with van der Waals surface area (Å²) in [5, 5.41) is 9.62. The van der Waals surface area contributed by atoms with E-state index in [2.05, 4.69) is 21.8 Å². The summed E-state index contributed by atoms with van der Waals surface area (Å²) in [6.07, 6.45) is 5.07. The number of nitrogens with one attached hydrogen (secondary N) is 1. The molecule has 0 aromatic carbocycles. The number of fused-ring (bicyclic) bond motifs is 1. The summed E-state index contributed by atoms with van der Waals surface area (Å²) < 4.78 is 13.1. The Labute approximate surface area is 135 Å². The lowest BCUT2D eigenvalue weighted by Crippen LogP contribution is -2.19. The molecule has 4 nitrogen and oxygen atoms in total. The molecule has 5 heteroatoms. The first-order valence-corrected chi connectivity index (χ1v) is 7.33. The van der Waals surface area contributed by atoms with Gasteiger partial charge in [0.15, 0.2) is 0 Å². The number of hydrogen-bond acceptors (Lipinski definition) is 3. The largest absolute Gasteiger partial charge is 0.395 e. The third-order valence-electron chi connectivity index (χ3n) is 3.44. The number of aliphatic hydroxyl groups excluding tert-OH is 1. The van der Waals surface area contributed by atoms with Crippen molar-refractivity contribution in [1.82, 2.24) is 14.9 Å². The van der Waals surface area contributed by atoms with Crippen LogP contribution in [0.2, 0.25) is 0 Å². The number of aromatic nitrogens is 2. The van der Waals surface area contributed by atoms with Gasteiger partial charge in [-0.1, -0.05) is 5.92 Å². The van der Waals surface area contributed by atoms with E-state index in [1.165, 1.54) is 12.3 Å². The molecule has 0 aliphatic rings. The van der Waals surface area contributed by atoms with Crippen LogP contribution in [-0.4, -0.2) is 40.2 Å². The first-order valence-electron chi connectivity index (χ1n) is 7.33. The molecule has 0 saturated carbocycles. The summed E-state index contributed by atoms with van der Waals surface area (Å²) in [6.45, 7) is 4.62. The van der Waals surface area contributed by atoms with Crippen LogP contribution < -0.4 is 0 Å². The Hall–Kier alpha value is -2.58. The van der Waals surface area contributed by atoms with E-state index in [4.69, 9.17) is 5.11 Å². The molecule has 120 valence electrons. The normalized spacial score (nSPS) is 12.2. The summed E-state index contributed by atoms with van der Waals surface area (Å²) in [6, 6.07) is 3.21. The molecule has 2 aromatic rings. The molecule has 0 radical (unpaired) electrons. The van der Waals surface area contributed by atoms with Crippen molar-refractivity contribution in [3.8, 4) is 11.8 Å². The van der Waals surface area contributed by atoms with Gasteiger partial charge in [0.2, 0.25) is 0 Å². The van der Waals surface area contributed by atoms with Crippen LogP contribution in [0.3, 0.4) is 0 Å². The van der Waals surface area contributed by atoms with Gasteiger partial charge in [-0.25, -0.2) is 9.37 Å². The first-order chi connectivity index (χ1) is 11.0. The Balaban J connectivity index is 2.13. The van der Waals surface area contributed by atoms with E-state index >= 15 is 0 Å². The molecule has 0 aliphatic carbocycles. The van der Waals surface area contributed by atoms with Gasteiger partial charge in [0.25, 0.3) is 0 Å². The van der Waals surface area contributed by atoms with Crippen LogP contribution in [0.15, 0.2) is 41.8 Å². The number of nitrogens with zero attached hydrogens (tertiary/aromatic N) is 2. The van der Waals surface area contributed by atoms with Gasteiger partial charge in [0.05, 0.1) is 18.5 Å². The summed E-state index contributed by atoms with van der Waals surface area (Å²) in [7, 11) is 1.92. The highest BCUT2D eigenvalue weighted by Crippen LogP contribution is 2.13. The minimum Gasteiger partial charge on any atom is -0.395 e. The zero-order chi connectivity index (χ0) is 16.8. The lowest BCUT2D eigenvalue weighted by Gasteiger charge is -2.17. The molecule has 23 heavy (non-hydrogen) atoms. The second kappa shape index (κ2) is 7.61. The summed E-state index contributed by atoms with van der Waals surface area (Å²) in [5.74, 6) is 5.70. The Bertz CT molecular complexity index is 809. The average Bonchev–Trinajstić information content (AvgIpc) is 2.92. The van der Waals surface area contributed by atoms with Crippen molar-refractivity contribution in [3.63, 3.8) is 0 Å². The first kappa shape index (κ1) is 16.8. The number of likely N-dealkylation sites (N-methyl/N-ethyl adjacent to an activating group) is 1. The van der Waals surface area contributed by atoms with Crippen molar-refractivity contribution in [2.45, 2.75) is 13.8 Å². The molecule has 0 amide bonds. The maximum atomic E-state index is 13.1. The molecule has 0 atom stereocenters. The smallest absolute Gasteiger partial charge is 0.142 e. The second-order valence-electron chi connectivity index (χ2n) is 5.33. The predicted molar refractivity (Wildman–Crippen MR) is 90.2 cm³/mol. The fraction of sp³-hybridized carbons (Fsp3) is 0.278. The van der Waals surface area contributed by atoms with Gasteiger partial charge < -0.3 is 15.0 Å². The second-order valence-corrected chi connectivity index (χ2v) is 5.33. The lowest BCUT2D eigenvalue weighted by atomic mass is 10.2. The molecule has 0 saturated heterocycles. The fourth-order valence-electron chi connectivity index (χ4n) is 1.96.